The molecule has 1 saturated heterocycles. The van der Waals surface area contributed by atoms with Gasteiger partial charge in [0.1, 0.15) is 18.2 Å². The van der Waals surface area contributed by atoms with Crippen molar-refractivity contribution in [2.45, 2.75) is 38.2 Å². The summed E-state index contributed by atoms with van der Waals surface area (Å²) in [5.74, 6) is -0.529. The number of hydrogen-bond donors (Lipinski definition) is 0. The number of aryl methyl sites for hydroxylation is 2. The zero-order valence-electron chi connectivity index (χ0n) is 20.8. The second-order valence-electron chi connectivity index (χ2n) is 8.92. The molecule has 3 aromatic rings. The summed E-state index contributed by atoms with van der Waals surface area (Å²) in [6.07, 6.45) is 3.89. The van der Waals surface area contributed by atoms with Gasteiger partial charge in [0, 0.05) is 18.2 Å². The SMILES string of the molecule is Cc1cc(C(=O)OC(C)CCC(=O)c2ccc[n+](C)c2)ccc1N1C(=O)CSC1c1ccc(F)cc1.[I-]. The van der Waals surface area contributed by atoms with Gasteiger partial charge in [-0.1, -0.05) is 12.1 Å². The fraction of sp³-hybridized carbons (Fsp3) is 0.286. The summed E-state index contributed by atoms with van der Waals surface area (Å²) in [6, 6.07) is 14.8. The van der Waals surface area contributed by atoms with Crippen molar-refractivity contribution in [3.8, 4) is 0 Å². The van der Waals surface area contributed by atoms with Crippen molar-refractivity contribution in [1.29, 1.82) is 0 Å². The first kappa shape index (κ1) is 28.8. The van der Waals surface area contributed by atoms with Crippen LogP contribution in [0.15, 0.2) is 67.0 Å². The van der Waals surface area contributed by atoms with Crippen molar-refractivity contribution < 1.29 is 52.1 Å². The Balaban J connectivity index is 0.00000380. The second-order valence-corrected chi connectivity index (χ2v) is 9.98. The van der Waals surface area contributed by atoms with Gasteiger partial charge in [-0.3, -0.25) is 14.5 Å². The molecule has 2 aromatic carbocycles. The van der Waals surface area contributed by atoms with E-state index in [0.29, 0.717) is 29.0 Å². The number of aromatic nitrogens is 1. The highest BCUT2D eigenvalue weighted by Crippen LogP contribution is 2.42. The van der Waals surface area contributed by atoms with Crippen LogP contribution in [0.3, 0.4) is 0 Å². The fourth-order valence-corrected chi connectivity index (χ4v) is 5.32. The predicted molar refractivity (Wildman–Crippen MR) is 136 cm³/mol. The number of halogens is 2. The molecule has 2 heterocycles. The Morgan fingerprint density at radius 1 is 1.16 bits per heavy atom. The lowest BCUT2D eigenvalue weighted by molar-refractivity contribution is -0.671. The van der Waals surface area contributed by atoms with Crippen LogP contribution in [0.5, 0.6) is 0 Å². The Bertz CT molecular complexity index is 1300. The average molecular weight is 635 g/mol. The number of hydrogen-bond acceptors (Lipinski definition) is 5. The van der Waals surface area contributed by atoms with E-state index in [9.17, 15) is 18.8 Å². The topological polar surface area (TPSA) is 67.6 Å². The molecule has 2 atom stereocenters. The Hall–Kier alpha value is -2.79. The Kier molecular flexibility index (Phi) is 9.83. The quantitative estimate of drug-likeness (QED) is 0.164. The lowest BCUT2D eigenvalue weighted by Gasteiger charge is -2.26. The summed E-state index contributed by atoms with van der Waals surface area (Å²) in [7, 11) is 1.86. The van der Waals surface area contributed by atoms with Gasteiger partial charge in [-0.25, -0.2) is 13.8 Å². The van der Waals surface area contributed by atoms with E-state index in [-0.39, 0.29) is 53.3 Å². The van der Waals surface area contributed by atoms with Crippen LogP contribution in [0.2, 0.25) is 0 Å². The number of Topliss-reactive ketones (excluding diaryl/α,β-unsaturated/α-hetero) is 1. The number of nitrogens with zero attached hydrogens (tertiary/aromatic N) is 2. The normalized spacial score (nSPS) is 15.7. The Morgan fingerprint density at radius 3 is 2.57 bits per heavy atom. The van der Waals surface area contributed by atoms with Gasteiger partial charge in [-0.2, -0.15) is 0 Å². The molecule has 1 aromatic heterocycles. The Labute approximate surface area is 237 Å². The Morgan fingerprint density at radius 2 is 1.89 bits per heavy atom. The van der Waals surface area contributed by atoms with E-state index in [1.807, 2.05) is 30.8 Å². The fourth-order valence-electron chi connectivity index (χ4n) is 4.15. The highest BCUT2D eigenvalue weighted by Gasteiger charge is 2.35. The molecule has 0 bridgehead atoms. The number of ketones is 1. The smallest absolute Gasteiger partial charge is 0.338 e. The van der Waals surface area contributed by atoms with Crippen LogP contribution in [-0.4, -0.2) is 29.5 Å². The van der Waals surface area contributed by atoms with Gasteiger partial charge in [-0.05, 0) is 67.8 Å². The van der Waals surface area contributed by atoms with Gasteiger partial charge in [0.2, 0.25) is 5.91 Å². The molecule has 0 radical (unpaired) electrons. The standard InChI is InChI=1S/C28H28FN2O4S.HI/c1-18-15-21(28(34)35-19(2)6-13-25(32)22-5-4-14-30(3)16-22)9-12-24(18)31-26(33)17-36-27(31)20-7-10-23(29)11-8-20;/h4-5,7-12,14-16,19,27H,6,13,17H2,1-3H3;1H/q+1;/p-1. The van der Waals surface area contributed by atoms with Crippen LogP contribution in [-0.2, 0) is 16.6 Å². The molecular formula is C28H28FIN2O4S. The van der Waals surface area contributed by atoms with Crippen molar-refractivity contribution in [3.05, 3.63) is 95.1 Å². The summed E-state index contributed by atoms with van der Waals surface area (Å²) in [4.78, 5) is 39.6. The van der Waals surface area contributed by atoms with E-state index < -0.39 is 12.1 Å². The van der Waals surface area contributed by atoms with Crippen LogP contribution >= 0.6 is 11.8 Å². The van der Waals surface area contributed by atoms with Gasteiger partial charge < -0.3 is 28.7 Å². The minimum atomic E-state index is -0.479. The van der Waals surface area contributed by atoms with Gasteiger partial charge >= 0.3 is 5.97 Å². The second kappa shape index (κ2) is 12.6. The highest BCUT2D eigenvalue weighted by atomic mass is 127. The third-order valence-electron chi connectivity index (χ3n) is 6.06. The minimum Gasteiger partial charge on any atom is -1.00 e. The molecule has 1 amide bonds. The lowest BCUT2D eigenvalue weighted by Crippen LogP contribution is -3.00. The maximum Gasteiger partial charge on any atom is 0.338 e. The number of anilines is 1. The molecule has 37 heavy (non-hydrogen) atoms. The molecule has 2 unspecified atom stereocenters. The number of carbonyl (C=O) groups excluding carboxylic acids is 3. The van der Waals surface area contributed by atoms with Crippen molar-refractivity contribution >= 4 is 35.1 Å². The van der Waals surface area contributed by atoms with E-state index >= 15 is 0 Å². The molecule has 0 saturated carbocycles. The van der Waals surface area contributed by atoms with E-state index in [1.165, 1.54) is 23.9 Å². The highest BCUT2D eigenvalue weighted by molar-refractivity contribution is 8.00. The predicted octanol–water partition coefficient (Wildman–Crippen LogP) is 1.95. The van der Waals surface area contributed by atoms with E-state index in [0.717, 1.165) is 11.1 Å². The summed E-state index contributed by atoms with van der Waals surface area (Å²) in [5.41, 5.74) is 3.29. The number of rotatable bonds is 8. The maximum absolute atomic E-state index is 13.4. The van der Waals surface area contributed by atoms with E-state index in [2.05, 4.69) is 0 Å². The third-order valence-corrected chi connectivity index (χ3v) is 7.28. The van der Waals surface area contributed by atoms with Crippen LogP contribution < -0.4 is 33.4 Å². The number of thioether (sulfide) groups is 1. The molecule has 0 spiro atoms. The molecular weight excluding hydrogens is 606 g/mol. The molecule has 6 nitrogen and oxygen atoms in total. The van der Waals surface area contributed by atoms with Crippen molar-refractivity contribution in [3.63, 3.8) is 0 Å². The third kappa shape index (κ3) is 6.95. The average Bonchev–Trinajstić information content (AvgIpc) is 3.23. The first-order valence-corrected chi connectivity index (χ1v) is 12.8. The first-order chi connectivity index (χ1) is 17.2. The number of ether oxygens (including phenoxy) is 1. The molecule has 4 rings (SSSR count). The van der Waals surface area contributed by atoms with Gasteiger partial charge in [0.25, 0.3) is 0 Å². The van der Waals surface area contributed by atoms with E-state index in [4.69, 9.17) is 4.74 Å². The van der Waals surface area contributed by atoms with Crippen molar-refractivity contribution in [1.82, 2.24) is 0 Å². The summed E-state index contributed by atoms with van der Waals surface area (Å²) < 4.78 is 20.8. The zero-order valence-corrected chi connectivity index (χ0v) is 23.8. The number of amides is 1. The monoisotopic (exact) mass is 634 g/mol. The number of benzene rings is 2. The van der Waals surface area contributed by atoms with Crippen LogP contribution in [0, 0.1) is 12.7 Å². The summed E-state index contributed by atoms with van der Waals surface area (Å²) in [6.45, 7) is 3.61. The lowest BCUT2D eigenvalue weighted by atomic mass is 10.1. The minimum absolute atomic E-state index is 0. The van der Waals surface area contributed by atoms with Crippen molar-refractivity contribution in [2.24, 2.45) is 7.05 Å². The van der Waals surface area contributed by atoms with Gasteiger partial charge in [-0.15, -0.1) is 11.8 Å². The maximum atomic E-state index is 13.4. The van der Waals surface area contributed by atoms with E-state index in [1.54, 1.807) is 54.4 Å². The van der Waals surface area contributed by atoms with Gasteiger partial charge in [0.15, 0.2) is 18.2 Å². The largest absolute Gasteiger partial charge is 1.00 e. The van der Waals surface area contributed by atoms with Crippen LogP contribution in [0.4, 0.5) is 10.1 Å². The number of carbonyl (C=O) groups is 3. The van der Waals surface area contributed by atoms with Crippen LogP contribution in [0.1, 0.15) is 57.0 Å². The molecule has 9 heteroatoms. The van der Waals surface area contributed by atoms with Gasteiger partial charge in [0.05, 0.1) is 23.0 Å². The summed E-state index contributed by atoms with van der Waals surface area (Å²) >= 11 is 1.48. The van der Waals surface area contributed by atoms with Crippen molar-refractivity contribution in [2.75, 3.05) is 10.7 Å². The summed E-state index contributed by atoms with van der Waals surface area (Å²) in [5, 5.41) is -0.265. The molecule has 0 aliphatic carbocycles. The molecule has 1 aliphatic rings. The molecule has 1 aliphatic heterocycles. The number of esters is 1. The zero-order chi connectivity index (χ0) is 25.8. The molecule has 1 fully saturated rings. The first-order valence-electron chi connectivity index (χ1n) is 11.7. The van der Waals surface area contributed by atoms with Crippen LogP contribution in [0.25, 0.3) is 0 Å². The molecule has 0 N–H and O–H groups in total. The number of pyridine rings is 1. The molecule has 194 valence electrons.